The summed E-state index contributed by atoms with van der Waals surface area (Å²) in [7, 11) is 0. The van der Waals surface area contributed by atoms with Crippen LogP contribution in [0, 0.1) is 5.92 Å². The van der Waals surface area contributed by atoms with Crippen LogP contribution < -0.4 is 10.5 Å². The first kappa shape index (κ1) is 25.9. The molecule has 0 aliphatic carbocycles. The van der Waals surface area contributed by atoms with Crippen molar-refractivity contribution in [2.45, 2.75) is 51.0 Å². The van der Waals surface area contributed by atoms with Gasteiger partial charge in [0.15, 0.2) is 0 Å². The molecule has 10 heteroatoms. The fourth-order valence-electron chi connectivity index (χ4n) is 4.93. The van der Waals surface area contributed by atoms with E-state index in [4.69, 9.17) is 10.5 Å². The molecule has 1 aromatic heterocycles. The first-order valence-corrected chi connectivity index (χ1v) is 12.3. The summed E-state index contributed by atoms with van der Waals surface area (Å²) in [5.41, 5.74) is 6.51. The Morgan fingerprint density at radius 3 is 2.42 bits per heavy atom. The van der Waals surface area contributed by atoms with Crippen LogP contribution in [0.5, 0.6) is 5.88 Å². The van der Waals surface area contributed by atoms with E-state index in [2.05, 4.69) is 9.97 Å². The van der Waals surface area contributed by atoms with Crippen LogP contribution in [0.15, 0.2) is 36.7 Å². The zero-order valence-electron chi connectivity index (χ0n) is 20.8. The highest BCUT2D eigenvalue weighted by molar-refractivity contribution is 5.99. The van der Waals surface area contributed by atoms with Gasteiger partial charge in [0, 0.05) is 24.6 Å². The average Bonchev–Trinajstić information content (AvgIpc) is 3.26. The first-order valence-electron chi connectivity index (χ1n) is 12.3. The summed E-state index contributed by atoms with van der Waals surface area (Å²) < 4.78 is 32.2. The summed E-state index contributed by atoms with van der Waals surface area (Å²) in [6.45, 7) is 4.72. The van der Waals surface area contributed by atoms with E-state index in [1.54, 1.807) is 53.4 Å². The van der Waals surface area contributed by atoms with E-state index in [1.165, 1.54) is 0 Å². The van der Waals surface area contributed by atoms with Crippen LogP contribution in [0.1, 0.15) is 49.9 Å². The van der Waals surface area contributed by atoms with Crippen LogP contribution in [0.3, 0.4) is 0 Å². The van der Waals surface area contributed by atoms with Gasteiger partial charge in [-0.3, -0.25) is 14.5 Å². The fraction of sp³-hybridized carbons (Fsp3) is 0.538. The summed E-state index contributed by atoms with van der Waals surface area (Å²) in [5, 5.41) is 0. The van der Waals surface area contributed by atoms with Crippen molar-refractivity contribution in [1.82, 2.24) is 19.8 Å². The van der Waals surface area contributed by atoms with Crippen molar-refractivity contribution in [3.8, 4) is 17.1 Å². The van der Waals surface area contributed by atoms with E-state index in [0.717, 1.165) is 31.7 Å². The molecule has 2 aliphatic rings. The molecule has 1 atom stereocenters. The normalized spacial score (nSPS) is 21.5. The molecule has 3 heterocycles. The maximum atomic E-state index is 13.2. The number of hydrogen-bond acceptors (Lipinski definition) is 6. The third kappa shape index (κ3) is 5.98. The van der Waals surface area contributed by atoms with Crippen molar-refractivity contribution in [3.05, 3.63) is 42.2 Å². The topological polar surface area (TPSA) is 102 Å². The summed E-state index contributed by atoms with van der Waals surface area (Å²) in [4.78, 5) is 37.0. The number of alkyl halides is 2. The maximum Gasteiger partial charge on any atom is 0.257 e. The summed E-state index contributed by atoms with van der Waals surface area (Å²) in [6.07, 6.45) is 6.09. The van der Waals surface area contributed by atoms with E-state index in [-0.39, 0.29) is 12.5 Å². The number of carbonyl (C=O) groups is 2. The highest BCUT2D eigenvalue weighted by Gasteiger charge is 2.44. The van der Waals surface area contributed by atoms with Gasteiger partial charge in [-0.15, -0.1) is 0 Å². The second-order valence-electron chi connectivity index (χ2n) is 10.1. The molecule has 2 fully saturated rings. The second kappa shape index (κ2) is 10.5. The molecule has 8 nitrogen and oxygen atoms in total. The van der Waals surface area contributed by atoms with Crippen LogP contribution in [-0.4, -0.2) is 75.8 Å². The van der Waals surface area contributed by atoms with Crippen LogP contribution in [0.25, 0.3) is 11.3 Å². The predicted molar refractivity (Wildman–Crippen MR) is 131 cm³/mol. The summed E-state index contributed by atoms with van der Waals surface area (Å²) in [5.74, 6) is -2.67. The third-order valence-corrected chi connectivity index (χ3v) is 7.15. The maximum absolute atomic E-state index is 13.2. The first-order chi connectivity index (χ1) is 17.0. The van der Waals surface area contributed by atoms with Crippen molar-refractivity contribution in [2.75, 3.05) is 32.8 Å². The number of ether oxygens (including phenoxy) is 1. The molecule has 0 spiro atoms. The molecule has 2 saturated heterocycles. The summed E-state index contributed by atoms with van der Waals surface area (Å²) >= 11 is 0. The van der Waals surface area contributed by atoms with Gasteiger partial charge in [0.05, 0.1) is 31.2 Å². The van der Waals surface area contributed by atoms with Crippen molar-refractivity contribution >= 4 is 11.8 Å². The lowest BCUT2D eigenvalue weighted by atomic mass is 9.97. The molecule has 0 saturated carbocycles. The molecular formula is C26H33F2N5O3. The highest BCUT2D eigenvalue weighted by Crippen LogP contribution is 2.31. The molecule has 4 rings (SSSR count). The van der Waals surface area contributed by atoms with Crippen molar-refractivity contribution in [3.63, 3.8) is 0 Å². The SMILES string of the molecule is CC(F)(F)CN1CCC(COc2cnc(-c3ccc(C(=O)N4CCC[C@@]4(C)C(N)=O)cc3)cn2)CC1. The van der Waals surface area contributed by atoms with E-state index < -0.39 is 17.4 Å². The van der Waals surface area contributed by atoms with Gasteiger partial charge in [-0.2, -0.15) is 0 Å². The van der Waals surface area contributed by atoms with E-state index in [9.17, 15) is 18.4 Å². The minimum Gasteiger partial charge on any atom is -0.476 e. The summed E-state index contributed by atoms with van der Waals surface area (Å²) in [6, 6.07) is 7.01. The van der Waals surface area contributed by atoms with Gasteiger partial charge in [-0.05, 0) is 63.7 Å². The molecule has 1 aromatic carbocycles. The van der Waals surface area contributed by atoms with Crippen LogP contribution in [-0.2, 0) is 4.79 Å². The number of aromatic nitrogens is 2. The monoisotopic (exact) mass is 501 g/mol. The Bertz CT molecular complexity index is 1070. The molecule has 2 amide bonds. The fourth-order valence-corrected chi connectivity index (χ4v) is 4.93. The van der Waals surface area contributed by atoms with Crippen LogP contribution in [0.4, 0.5) is 8.78 Å². The molecule has 2 aromatic rings. The molecular weight excluding hydrogens is 468 g/mol. The number of halogens is 2. The van der Waals surface area contributed by atoms with Gasteiger partial charge >= 0.3 is 0 Å². The molecule has 2 N–H and O–H groups in total. The lowest BCUT2D eigenvalue weighted by molar-refractivity contribution is -0.126. The van der Waals surface area contributed by atoms with Crippen LogP contribution in [0.2, 0.25) is 0 Å². The third-order valence-electron chi connectivity index (χ3n) is 7.15. The van der Waals surface area contributed by atoms with Gasteiger partial charge in [0.25, 0.3) is 11.8 Å². The molecule has 0 bridgehead atoms. The number of hydrogen-bond donors (Lipinski definition) is 1. The van der Waals surface area contributed by atoms with Gasteiger partial charge in [0.1, 0.15) is 5.54 Å². The number of rotatable bonds is 8. The standard InChI is InChI=1S/C26H33F2N5O3/c1-25(24(29)35)10-3-11-33(25)23(34)20-6-4-19(5-7-20)21-14-31-22(15-30-21)36-16-18-8-12-32(13-9-18)17-26(2,27)28/h4-7,14-15,18H,3,8-13,16-17H2,1-2H3,(H2,29,35)/t25-/m0/s1. The number of benzene rings is 1. The van der Waals surface area contributed by atoms with Crippen LogP contribution >= 0.6 is 0 Å². The molecule has 2 aliphatic heterocycles. The van der Waals surface area contributed by atoms with Gasteiger partial charge < -0.3 is 15.4 Å². The van der Waals surface area contributed by atoms with Crippen molar-refractivity contribution in [2.24, 2.45) is 11.7 Å². The minimum absolute atomic E-state index is 0.201. The Kier molecular flexibility index (Phi) is 7.54. The zero-order valence-corrected chi connectivity index (χ0v) is 20.8. The number of primary amides is 1. The Labute approximate surface area is 209 Å². The molecule has 194 valence electrons. The smallest absolute Gasteiger partial charge is 0.257 e. The second-order valence-corrected chi connectivity index (χ2v) is 10.1. The Morgan fingerprint density at radius 2 is 1.83 bits per heavy atom. The lowest BCUT2D eigenvalue weighted by Crippen LogP contribution is -2.53. The minimum atomic E-state index is -2.67. The molecule has 0 unspecified atom stereocenters. The Balaban J connectivity index is 1.30. The number of likely N-dealkylation sites (tertiary alicyclic amines) is 2. The van der Waals surface area contributed by atoms with Gasteiger partial charge in [-0.1, -0.05) is 12.1 Å². The number of carbonyl (C=O) groups excluding carboxylic acids is 2. The van der Waals surface area contributed by atoms with Crippen molar-refractivity contribution < 1.29 is 23.1 Å². The zero-order chi connectivity index (χ0) is 25.9. The highest BCUT2D eigenvalue weighted by atomic mass is 19.3. The molecule has 0 radical (unpaired) electrons. The predicted octanol–water partition coefficient (Wildman–Crippen LogP) is 3.37. The lowest BCUT2D eigenvalue weighted by Gasteiger charge is -2.33. The number of nitrogens with zero attached hydrogens (tertiary/aromatic N) is 4. The number of nitrogens with two attached hydrogens (primary N) is 1. The van der Waals surface area contributed by atoms with E-state index in [1.807, 2.05) is 0 Å². The number of piperidine rings is 1. The Morgan fingerprint density at radius 1 is 1.14 bits per heavy atom. The van der Waals surface area contributed by atoms with E-state index in [0.29, 0.717) is 55.7 Å². The Hall–Kier alpha value is -3.14. The van der Waals surface area contributed by atoms with E-state index >= 15 is 0 Å². The quantitative estimate of drug-likeness (QED) is 0.595. The molecule has 36 heavy (non-hydrogen) atoms. The number of amides is 2. The van der Waals surface area contributed by atoms with Crippen molar-refractivity contribution in [1.29, 1.82) is 0 Å². The average molecular weight is 502 g/mol. The van der Waals surface area contributed by atoms with Gasteiger partial charge in [-0.25, -0.2) is 18.7 Å². The van der Waals surface area contributed by atoms with Gasteiger partial charge in [0.2, 0.25) is 11.8 Å². The largest absolute Gasteiger partial charge is 0.476 e.